The van der Waals surface area contributed by atoms with Gasteiger partial charge in [-0.3, -0.25) is 0 Å². The molecule has 140 valence electrons. The zero-order valence-electron chi connectivity index (χ0n) is 15.5. The highest BCUT2D eigenvalue weighted by atomic mass is 32.1. The molecule has 0 unspecified atom stereocenters. The number of ether oxygens (including phenoxy) is 1. The number of aliphatic imine (C=N–C) groups is 1. The summed E-state index contributed by atoms with van der Waals surface area (Å²) in [7, 11) is 0. The maximum absolute atomic E-state index is 11.8. The minimum Gasteiger partial charge on any atom is -0.450 e. The highest BCUT2D eigenvalue weighted by Crippen LogP contribution is 2.17. The Bertz CT molecular complexity index is 565. The third-order valence-corrected chi connectivity index (χ3v) is 5.38. The molecule has 2 rings (SSSR count). The summed E-state index contributed by atoms with van der Waals surface area (Å²) in [5.41, 5.74) is 0. The van der Waals surface area contributed by atoms with E-state index in [9.17, 15) is 4.79 Å². The molecule has 25 heavy (non-hydrogen) atoms. The highest BCUT2D eigenvalue weighted by Gasteiger charge is 2.24. The molecule has 1 saturated heterocycles. The van der Waals surface area contributed by atoms with Crippen molar-refractivity contribution >= 4 is 23.4 Å². The van der Waals surface area contributed by atoms with Crippen molar-refractivity contribution in [2.45, 2.75) is 52.6 Å². The molecule has 1 aromatic heterocycles. The van der Waals surface area contributed by atoms with Crippen LogP contribution in [0, 0.1) is 0 Å². The first-order valence-corrected chi connectivity index (χ1v) is 10.0. The van der Waals surface area contributed by atoms with Crippen molar-refractivity contribution in [2.24, 2.45) is 4.99 Å². The van der Waals surface area contributed by atoms with E-state index in [2.05, 4.69) is 36.6 Å². The van der Waals surface area contributed by atoms with Gasteiger partial charge in [0.05, 0.1) is 13.2 Å². The number of likely N-dealkylation sites (tertiary alicyclic amines) is 1. The van der Waals surface area contributed by atoms with Gasteiger partial charge in [-0.25, -0.2) is 9.79 Å². The fourth-order valence-electron chi connectivity index (χ4n) is 2.79. The second kappa shape index (κ2) is 10.3. The van der Waals surface area contributed by atoms with Crippen molar-refractivity contribution < 1.29 is 9.53 Å². The van der Waals surface area contributed by atoms with Crippen LogP contribution >= 0.6 is 11.3 Å². The fourth-order valence-corrected chi connectivity index (χ4v) is 3.67. The van der Waals surface area contributed by atoms with Crippen molar-refractivity contribution in [1.29, 1.82) is 0 Å². The number of guanidine groups is 1. The van der Waals surface area contributed by atoms with Crippen LogP contribution in [-0.4, -0.2) is 49.2 Å². The van der Waals surface area contributed by atoms with Crippen molar-refractivity contribution in [3.63, 3.8) is 0 Å². The Morgan fingerprint density at radius 2 is 2.00 bits per heavy atom. The molecule has 1 fully saturated rings. The molecule has 1 aromatic rings. The molecule has 1 amide bonds. The molecule has 2 N–H and O–H groups in total. The molecule has 0 aromatic carbocycles. The average molecular weight is 367 g/mol. The number of aryl methyl sites for hydroxylation is 1. The summed E-state index contributed by atoms with van der Waals surface area (Å²) in [5, 5.41) is 6.82. The van der Waals surface area contributed by atoms with Gasteiger partial charge in [0, 0.05) is 35.4 Å². The Labute approximate surface area is 154 Å². The molecule has 0 atom stereocenters. The van der Waals surface area contributed by atoms with Gasteiger partial charge in [0.2, 0.25) is 0 Å². The predicted molar refractivity (Wildman–Crippen MR) is 103 cm³/mol. The Kier molecular flexibility index (Phi) is 8.04. The number of hydrogen-bond donors (Lipinski definition) is 2. The molecular formula is C18H30N4O2S. The Morgan fingerprint density at radius 3 is 2.60 bits per heavy atom. The van der Waals surface area contributed by atoms with Crippen LogP contribution in [0.5, 0.6) is 0 Å². The van der Waals surface area contributed by atoms with E-state index < -0.39 is 0 Å². The third kappa shape index (κ3) is 6.23. The largest absolute Gasteiger partial charge is 0.450 e. The lowest BCUT2D eigenvalue weighted by Crippen LogP contribution is -2.49. The minimum absolute atomic E-state index is 0.203. The van der Waals surface area contributed by atoms with Crippen LogP contribution in [0.15, 0.2) is 17.1 Å². The van der Waals surface area contributed by atoms with Gasteiger partial charge >= 0.3 is 6.09 Å². The normalized spacial score (nSPS) is 16.0. The maximum atomic E-state index is 11.8. The van der Waals surface area contributed by atoms with Crippen molar-refractivity contribution in [2.75, 3.05) is 26.2 Å². The summed E-state index contributed by atoms with van der Waals surface area (Å²) in [4.78, 5) is 20.9. The summed E-state index contributed by atoms with van der Waals surface area (Å²) < 4.78 is 5.07. The number of rotatable bonds is 6. The molecule has 6 nitrogen and oxygen atoms in total. The zero-order chi connectivity index (χ0) is 18.1. The molecule has 0 spiro atoms. The van der Waals surface area contributed by atoms with Gasteiger partial charge in [-0.1, -0.05) is 6.92 Å². The maximum Gasteiger partial charge on any atom is 0.409 e. The van der Waals surface area contributed by atoms with Crippen LogP contribution in [0.2, 0.25) is 0 Å². The number of amides is 1. The number of nitrogens with zero attached hydrogens (tertiary/aromatic N) is 2. The van der Waals surface area contributed by atoms with Gasteiger partial charge in [0.1, 0.15) is 0 Å². The van der Waals surface area contributed by atoms with E-state index in [1.54, 1.807) is 4.90 Å². The van der Waals surface area contributed by atoms with Gasteiger partial charge in [-0.2, -0.15) is 0 Å². The van der Waals surface area contributed by atoms with Gasteiger partial charge in [0.25, 0.3) is 0 Å². The van der Waals surface area contributed by atoms with Gasteiger partial charge in [-0.15, -0.1) is 11.3 Å². The van der Waals surface area contributed by atoms with Crippen molar-refractivity contribution in [1.82, 2.24) is 15.5 Å². The standard InChI is InChI=1S/C18H30N4O2S/c1-4-15-7-8-16(25-15)13-20-17(19-5-2)21-14-9-11-22(12-10-14)18(23)24-6-3/h7-8,14H,4-6,9-13H2,1-3H3,(H2,19,20,21). The van der Waals surface area contributed by atoms with Crippen LogP contribution in [-0.2, 0) is 17.7 Å². The SMILES string of the molecule is CCNC(=NCc1ccc(CC)s1)NC1CCN(C(=O)OCC)CC1. The molecule has 1 aliphatic rings. The molecule has 0 aliphatic carbocycles. The number of hydrogen-bond acceptors (Lipinski definition) is 4. The van der Waals surface area contributed by atoms with Gasteiger partial charge < -0.3 is 20.3 Å². The van der Waals surface area contributed by atoms with E-state index >= 15 is 0 Å². The smallest absolute Gasteiger partial charge is 0.409 e. The van der Waals surface area contributed by atoms with E-state index in [0.29, 0.717) is 19.2 Å². The Hall–Kier alpha value is -1.76. The van der Waals surface area contributed by atoms with Crippen molar-refractivity contribution in [3.8, 4) is 0 Å². The van der Waals surface area contributed by atoms with E-state index in [1.807, 2.05) is 18.3 Å². The molecule has 1 aliphatic heterocycles. The molecule has 0 saturated carbocycles. The topological polar surface area (TPSA) is 66.0 Å². The van der Waals surface area contributed by atoms with Crippen molar-refractivity contribution in [3.05, 3.63) is 21.9 Å². The number of carbonyl (C=O) groups excluding carboxylic acids is 1. The summed E-state index contributed by atoms with van der Waals surface area (Å²) in [6, 6.07) is 4.67. The fraction of sp³-hybridized carbons (Fsp3) is 0.667. The summed E-state index contributed by atoms with van der Waals surface area (Å²) in [5.74, 6) is 0.850. The van der Waals surface area contributed by atoms with E-state index in [0.717, 1.165) is 44.9 Å². The average Bonchev–Trinajstić information content (AvgIpc) is 3.09. The van der Waals surface area contributed by atoms with Gasteiger partial charge in [0.15, 0.2) is 5.96 Å². The van der Waals surface area contributed by atoms with Gasteiger partial charge in [-0.05, 0) is 45.2 Å². The lowest BCUT2D eigenvalue weighted by atomic mass is 10.1. The zero-order valence-corrected chi connectivity index (χ0v) is 16.3. The molecule has 2 heterocycles. The van der Waals surface area contributed by atoms with E-state index in [-0.39, 0.29) is 6.09 Å². The van der Waals surface area contributed by atoms with Crippen LogP contribution < -0.4 is 10.6 Å². The van der Waals surface area contributed by atoms with Crippen LogP contribution in [0.1, 0.15) is 43.4 Å². The Balaban J connectivity index is 1.84. The van der Waals surface area contributed by atoms with Crippen LogP contribution in [0.3, 0.4) is 0 Å². The number of nitrogens with one attached hydrogen (secondary N) is 2. The van der Waals surface area contributed by atoms with E-state index in [4.69, 9.17) is 9.73 Å². The number of thiophene rings is 1. The monoisotopic (exact) mass is 366 g/mol. The first kappa shape index (κ1) is 19.6. The second-order valence-corrected chi connectivity index (χ2v) is 7.27. The quantitative estimate of drug-likeness (QED) is 0.600. The van der Waals surface area contributed by atoms with Crippen LogP contribution in [0.25, 0.3) is 0 Å². The molecule has 0 radical (unpaired) electrons. The molecule has 0 bridgehead atoms. The first-order chi connectivity index (χ1) is 12.2. The summed E-state index contributed by atoms with van der Waals surface area (Å²) >= 11 is 1.83. The number of piperidine rings is 1. The molecule has 7 heteroatoms. The minimum atomic E-state index is -0.203. The summed E-state index contributed by atoms with van der Waals surface area (Å²) in [6.07, 6.45) is 2.68. The van der Waals surface area contributed by atoms with E-state index in [1.165, 1.54) is 9.75 Å². The highest BCUT2D eigenvalue weighted by molar-refractivity contribution is 7.11. The second-order valence-electron chi connectivity index (χ2n) is 6.02. The van der Waals surface area contributed by atoms with Crippen LogP contribution in [0.4, 0.5) is 4.79 Å². The summed E-state index contributed by atoms with van der Waals surface area (Å²) in [6.45, 7) is 9.48. The number of carbonyl (C=O) groups is 1. The third-order valence-electron chi connectivity index (χ3n) is 4.16. The predicted octanol–water partition coefficient (Wildman–Crippen LogP) is 2.99. The Morgan fingerprint density at radius 1 is 1.28 bits per heavy atom. The molecular weight excluding hydrogens is 336 g/mol. The lowest BCUT2D eigenvalue weighted by Gasteiger charge is -2.32. The lowest BCUT2D eigenvalue weighted by molar-refractivity contribution is 0.0963. The first-order valence-electron chi connectivity index (χ1n) is 9.20.